The van der Waals surface area contributed by atoms with Crippen molar-refractivity contribution in [1.82, 2.24) is 5.32 Å². The molecule has 0 bridgehead atoms. The fraction of sp³-hybridized carbons (Fsp3) is 0.278. The minimum atomic E-state index is -0.333. The quantitative estimate of drug-likeness (QED) is 0.871. The third-order valence-electron chi connectivity index (χ3n) is 4.05. The minimum absolute atomic E-state index is 0.0860. The summed E-state index contributed by atoms with van der Waals surface area (Å²) in [4.78, 5) is 13.9. The smallest absolute Gasteiger partial charge is 0.321 e. The van der Waals surface area contributed by atoms with E-state index in [2.05, 4.69) is 10.6 Å². The molecule has 6 heteroatoms. The molecule has 0 aliphatic carbocycles. The van der Waals surface area contributed by atoms with Crippen molar-refractivity contribution in [3.63, 3.8) is 0 Å². The van der Waals surface area contributed by atoms with E-state index >= 15 is 0 Å². The first-order valence-corrected chi connectivity index (χ1v) is 8.32. The van der Waals surface area contributed by atoms with Gasteiger partial charge in [-0.15, -0.1) is 0 Å². The van der Waals surface area contributed by atoms with Crippen LogP contribution in [0.1, 0.15) is 18.1 Å². The van der Waals surface area contributed by atoms with E-state index in [9.17, 15) is 9.18 Å². The van der Waals surface area contributed by atoms with Crippen molar-refractivity contribution in [3.8, 4) is 0 Å². The molecule has 4 nitrogen and oxygen atoms in total. The molecule has 0 saturated heterocycles. The number of fused-ring (bicyclic) bond motifs is 1. The second kappa shape index (κ2) is 7.09. The summed E-state index contributed by atoms with van der Waals surface area (Å²) in [5.41, 5.74) is 3.44. The summed E-state index contributed by atoms with van der Waals surface area (Å²) in [5, 5.41) is 6.40. The van der Waals surface area contributed by atoms with Crippen molar-refractivity contribution >= 4 is 29.0 Å². The van der Waals surface area contributed by atoms with Gasteiger partial charge in [0, 0.05) is 35.9 Å². The van der Waals surface area contributed by atoms with Crippen molar-refractivity contribution in [2.24, 2.45) is 0 Å². The van der Waals surface area contributed by atoms with E-state index in [0.717, 1.165) is 23.4 Å². The Morgan fingerprint density at radius 3 is 2.88 bits per heavy atom. The van der Waals surface area contributed by atoms with E-state index in [0.29, 0.717) is 30.2 Å². The van der Waals surface area contributed by atoms with Gasteiger partial charge in [0.25, 0.3) is 0 Å². The van der Waals surface area contributed by atoms with Gasteiger partial charge in [0.2, 0.25) is 0 Å². The molecule has 2 N–H and O–H groups in total. The Hall–Kier alpha value is -2.27. The molecule has 0 unspecified atom stereocenters. The molecule has 0 spiro atoms. The van der Waals surface area contributed by atoms with Crippen molar-refractivity contribution in [2.45, 2.75) is 19.9 Å². The average molecular weight is 348 g/mol. The highest BCUT2D eigenvalue weighted by Gasteiger charge is 2.24. The van der Waals surface area contributed by atoms with Crippen molar-refractivity contribution in [1.29, 1.82) is 0 Å². The summed E-state index contributed by atoms with van der Waals surface area (Å²) in [5.74, 6) is -0.333. The van der Waals surface area contributed by atoms with Gasteiger partial charge in [-0.05, 0) is 43.2 Å². The van der Waals surface area contributed by atoms with Crippen LogP contribution in [0.15, 0.2) is 36.4 Å². The SMILES string of the molecule is CCNC(=O)N1CCc2ccc(NCc3ccc(Cl)cc3F)cc21. The van der Waals surface area contributed by atoms with Crippen LogP contribution in [-0.2, 0) is 13.0 Å². The summed E-state index contributed by atoms with van der Waals surface area (Å²) in [6, 6.07) is 10.4. The fourth-order valence-electron chi connectivity index (χ4n) is 2.81. The molecule has 1 aliphatic rings. The first kappa shape index (κ1) is 16.6. The molecule has 3 rings (SSSR count). The average Bonchev–Trinajstić information content (AvgIpc) is 2.97. The first-order chi connectivity index (χ1) is 11.6. The van der Waals surface area contributed by atoms with E-state index in [1.54, 1.807) is 17.0 Å². The van der Waals surface area contributed by atoms with Crippen LogP contribution in [0.2, 0.25) is 5.02 Å². The predicted molar refractivity (Wildman–Crippen MR) is 95.3 cm³/mol. The minimum Gasteiger partial charge on any atom is -0.381 e. The monoisotopic (exact) mass is 347 g/mol. The van der Waals surface area contributed by atoms with Gasteiger partial charge < -0.3 is 10.6 Å². The second-order valence-corrected chi connectivity index (χ2v) is 6.11. The van der Waals surface area contributed by atoms with E-state index < -0.39 is 0 Å². The Balaban J connectivity index is 1.74. The molecule has 1 aliphatic heterocycles. The molecular weight excluding hydrogens is 329 g/mol. The van der Waals surface area contributed by atoms with Crippen LogP contribution in [0, 0.1) is 5.82 Å². The molecule has 2 aromatic rings. The van der Waals surface area contributed by atoms with Gasteiger partial charge in [0.15, 0.2) is 0 Å². The van der Waals surface area contributed by atoms with E-state index in [-0.39, 0.29) is 11.8 Å². The van der Waals surface area contributed by atoms with E-state index in [1.165, 1.54) is 6.07 Å². The van der Waals surface area contributed by atoms with Gasteiger partial charge in [0.1, 0.15) is 5.82 Å². The lowest BCUT2D eigenvalue weighted by molar-refractivity contribution is 0.247. The Morgan fingerprint density at radius 2 is 2.12 bits per heavy atom. The number of carbonyl (C=O) groups excluding carboxylic acids is 1. The van der Waals surface area contributed by atoms with Crippen LogP contribution in [0.25, 0.3) is 0 Å². The summed E-state index contributed by atoms with van der Waals surface area (Å²) >= 11 is 5.77. The number of hydrogen-bond acceptors (Lipinski definition) is 2. The topological polar surface area (TPSA) is 44.4 Å². The van der Waals surface area contributed by atoms with Crippen LogP contribution < -0.4 is 15.5 Å². The highest BCUT2D eigenvalue weighted by atomic mass is 35.5. The number of nitrogens with zero attached hydrogens (tertiary/aromatic N) is 1. The zero-order valence-corrected chi connectivity index (χ0v) is 14.2. The zero-order chi connectivity index (χ0) is 17.1. The van der Waals surface area contributed by atoms with Crippen molar-refractivity contribution in [2.75, 3.05) is 23.3 Å². The Kier molecular flexibility index (Phi) is 4.90. The Morgan fingerprint density at radius 1 is 1.29 bits per heavy atom. The Labute approximate surface area is 145 Å². The predicted octanol–water partition coefficient (Wildman–Crippen LogP) is 4.18. The summed E-state index contributed by atoms with van der Waals surface area (Å²) in [6.45, 7) is 3.52. The summed E-state index contributed by atoms with van der Waals surface area (Å²) < 4.78 is 13.8. The van der Waals surface area contributed by atoms with Crippen LogP contribution >= 0.6 is 11.6 Å². The maximum absolute atomic E-state index is 13.8. The number of urea groups is 1. The summed E-state index contributed by atoms with van der Waals surface area (Å²) in [7, 11) is 0. The van der Waals surface area contributed by atoms with Gasteiger partial charge >= 0.3 is 6.03 Å². The molecular formula is C18H19ClFN3O. The highest BCUT2D eigenvalue weighted by molar-refractivity contribution is 6.30. The lowest BCUT2D eigenvalue weighted by Gasteiger charge is -2.18. The number of rotatable bonds is 4. The molecule has 2 amide bonds. The lowest BCUT2D eigenvalue weighted by Crippen LogP contribution is -2.38. The molecule has 2 aromatic carbocycles. The molecule has 0 fully saturated rings. The third kappa shape index (κ3) is 3.46. The number of amides is 2. The number of benzene rings is 2. The number of halogens is 2. The van der Waals surface area contributed by atoms with Gasteiger partial charge in [-0.1, -0.05) is 23.7 Å². The molecule has 1 heterocycles. The van der Waals surface area contributed by atoms with Gasteiger partial charge in [-0.3, -0.25) is 4.90 Å². The largest absolute Gasteiger partial charge is 0.381 e. The van der Waals surface area contributed by atoms with Crippen LogP contribution in [0.5, 0.6) is 0 Å². The lowest BCUT2D eigenvalue weighted by atomic mass is 10.1. The third-order valence-corrected chi connectivity index (χ3v) is 4.29. The first-order valence-electron chi connectivity index (χ1n) is 7.94. The van der Waals surface area contributed by atoms with Crippen molar-refractivity contribution in [3.05, 3.63) is 58.4 Å². The summed E-state index contributed by atoms with van der Waals surface area (Å²) in [6.07, 6.45) is 0.846. The van der Waals surface area contributed by atoms with Crippen LogP contribution in [0.3, 0.4) is 0 Å². The molecule has 0 aromatic heterocycles. The second-order valence-electron chi connectivity index (χ2n) is 5.67. The normalized spacial score (nSPS) is 12.9. The van der Waals surface area contributed by atoms with Gasteiger partial charge in [0.05, 0.1) is 5.69 Å². The van der Waals surface area contributed by atoms with E-state index in [1.807, 2.05) is 25.1 Å². The molecule has 0 atom stereocenters. The standard InChI is InChI=1S/C18H19ClFN3O/c1-2-21-18(24)23-8-7-12-4-6-15(10-17(12)23)22-11-13-3-5-14(19)9-16(13)20/h3-6,9-10,22H,2,7-8,11H2,1H3,(H,21,24). The Bertz CT molecular complexity index is 766. The van der Waals surface area contributed by atoms with Crippen molar-refractivity contribution < 1.29 is 9.18 Å². The number of nitrogens with one attached hydrogen (secondary N) is 2. The van der Waals surface area contributed by atoms with Crippen LogP contribution in [0.4, 0.5) is 20.6 Å². The van der Waals surface area contributed by atoms with Gasteiger partial charge in [-0.2, -0.15) is 0 Å². The fourth-order valence-corrected chi connectivity index (χ4v) is 2.97. The number of hydrogen-bond donors (Lipinski definition) is 2. The maximum Gasteiger partial charge on any atom is 0.321 e. The van der Waals surface area contributed by atoms with Gasteiger partial charge in [-0.25, -0.2) is 9.18 Å². The maximum atomic E-state index is 13.8. The molecule has 0 saturated carbocycles. The molecule has 24 heavy (non-hydrogen) atoms. The molecule has 126 valence electrons. The van der Waals surface area contributed by atoms with E-state index in [4.69, 9.17) is 11.6 Å². The zero-order valence-electron chi connectivity index (χ0n) is 13.4. The van der Waals surface area contributed by atoms with Crippen LogP contribution in [-0.4, -0.2) is 19.1 Å². The molecule has 0 radical (unpaired) electrons. The number of carbonyl (C=O) groups is 1. The highest BCUT2D eigenvalue weighted by Crippen LogP contribution is 2.31. The number of anilines is 2.